The van der Waals surface area contributed by atoms with Crippen molar-refractivity contribution in [2.45, 2.75) is 13.3 Å². The third-order valence-corrected chi connectivity index (χ3v) is 1.56. The summed E-state index contributed by atoms with van der Waals surface area (Å²) < 4.78 is 0. The van der Waals surface area contributed by atoms with Crippen molar-refractivity contribution in [2.24, 2.45) is 0 Å². The molecule has 0 spiro atoms. The van der Waals surface area contributed by atoms with Crippen LogP contribution in [0.2, 0.25) is 0 Å². The fraction of sp³-hybridized carbons (Fsp3) is 0.444. The van der Waals surface area contributed by atoms with E-state index < -0.39 is 0 Å². The number of aromatic nitrogens is 2. The number of rotatable bonds is 5. The minimum atomic E-state index is -0.0125. The van der Waals surface area contributed by atoms with E-state index in [0.29, 0.717) is 12.2 Å². The van der Waals surface area contributed by atoms with Gasteiger partial charge in [0.25, 0.3) is 0 Å². The summed E-state index contributed by atoms with van der Waals surface area (Å²) >= 11 is 0. The maximum atomic E-state index is 11.4. The van der Waals surface area contributed by atoms with Gasteiger partial charge in [0.05, 0.1) is 12.7 Å². The predicted octanol–water partition coefficient (Wildman–Crippen LogP) is 0.659. The number of carbonyl (C=O) groups is 1. The molecular weight excluding hydrogens is 166 g/mol. The average molecular weight is 179 g/mol. The summed E-state index contributed by atoms with van der Waals surface area (Å²) in [6.45, 7) is 3.25. The Hall–Kier alpha value is -1.29. The van der Waals surface area contributed by atoms with E-state index in [9.17, 15) is 4.79 Å². The quantitative estimate of drug-likeness (QED) is 0.533. The number of Topliss-reactive ketones (excluding diaryl/α,β-unsaturated/α-hetero) is 1. The normalized spacial score (nSPS) is 9.92. The Morgan fingerprint density at radius 1 is 1.54 bits per heavy atom. The van der Waals surface area contributed by atoms with Crippen molar-refractivity contribution < 1.29 is 4.79 Å². The second kappa shape index (κ2) is 5.37. The highest BCUT2D eigenvalue weighted by Crippen LogP contribution is 1.90. The highest BCUT2D eigenvalue weighted by Gasteiger charge is 2.04. The van der Waals surface area contributed by atoms with Gasteiger partial charge in [-0.1, -0.05) is 6.92 Å². The predicted molar refractivity (Wildman–Crippen MR) is 49.5 cm³/mol. The van der Waals surface area contributed by atoms with Crippen molar-refractivity contribution in [1.29, 1.82) is 0 Å². The molecule has 1 heterocycles. The Morgan fingerprint density at radius 2 is 2.38 bits per heavy atom. The minimum Gasteiger partial charge on any atom is -0.310 e. The summed E-state index contributed by atoms with van der Waals surface area (Å²) in [4.78, 5) is 19.1. The van der Waals surface area contributed by atoms with Gasteiger partial charge < -0.3 is 5.32 Å². The van der Waals surface area contributed by atoms with Crippen molar-refractivity contribution in [3.63, 3.8) is 0 Å². The minimum absolute atomic E-state index is 0.0125. The van der Waals surface area contributed by atoms with E-state index in [4.69, 9.17) is 0 Å². The molecule has 1 rings (SSSR count). The smallest absolute Gasteiger partial charge is 0.196 e. The molecule has 0 atom stereocenters. The third kappa shape index (κ3) is 3.29. The van der Waals surface area contributed by atoms with Crippen LogP contribution in [0.3, 0.4) is 0 Å². The lowest BCUT2D eigenvalue weighted by Crippen LogP contribution is -2.24. The monoisotopic (exact) mass is 179 g/mol. The third-order valence-electron chi connectivity index (χ3n) is 1.56. The molecule has 13 heavy (non-hydrogen) atoms. The molecule has 0 bridgehead atoms. The van der Waals surface area contributed by atoms with E-state index in [1.54, 1.807) is 6.20 Å². The molecule has 0 radical (unpaired) electrons. The Morgan fingerprint density at radius 3 is 3.00 bits per heavy atom. The molecule has 1 aromatic heterocycles. The highest BCUT2D eigenvalue weighted by atomic mass is 16.1. The molecule has 0 unspecified atom stereocenters. The molecule has 0 aliphatic rings. The summed E-state index contributed by atoms with van der Waals surface area (Å²) in [6, 6.07) is 0. The standard InChI is InChI=1S/C9H13N3O/c1-2-3-10-7-9(13)8-6-11-4-5-12-8/h4-6,10H,2-3,7H2,1H3. The topological polar surface area (TPSA) is 54.9 Å². The molecule has 0 aromatic carbocycles. The van der Waals surface area contributed by atoms with Crippen LogP contribution in [-0.4, -0.2) is 28.8 Å². The SMILES string of the molecule is CCCNCC(=O)c1cnccn1. The molecular formula is C9H13N3O. The van der Waals surface area contributed by atoms with E-state index in [0.717, 1.165) is 13.0 Å². The van der Waals surface area contributed by atoms with Crippen LogP contribution >= 0.6 is 0 Å². The van der Waals surface area contributed by atoms with Crippen molar-refractivity contribution in [3.05, 3.63) is 24.3 Å². The van der Waals surface area contributed by atoms with Crippen LogP contribution in [0.5, 0.6) is 0 Å². The van der Waals surface area contributed by atoms with E-state index in [1.165, 1.54) is 12.4 Å². The summed E-state index contributed by atoms with van der Waals surface area (Å²) in [5.41, 5.74) is 0.422. The van der Waals surface area contributed by atoms with Crippen LogP contribution in [0.1, 0.15) is 23.8 Å². The fourth-order valence-corrected chi connectivity index (χ4v) is 0.912. The average Bonchev–Trinajstić information content (AvgIpc) is 2.19. The number of hydrogen-bond acceptors (Lipinski definition) is 4. The van der Waals surface area contributed by atoms with Gasteiger partial charge in [0.15, 0.2) is 5.78 Å². The first-order valence-electron chi connectivity index (χ1n) is 4.34. The largest absolute Gasteiger partial charge is 0.310 e. The molecule has 0 aliphatic heterocycles. The van der Waals surface area contributed by atoms with Crippen molar-refractivity contribution in [3.8, 4) is 0 Å². The highest BCUT2D eigenvalue weighted by molar-refractivity contribution is 5.95. The van der Waals surface area contributed by atoms with Crippen LogP contribution in [0.15, 0.2) is 18.6 Å². The number of nitrogens with one attached hydrogen (secondary N) is 1. The van der Waals surface area contributed by atoms with Gasteiger partial charge in [0, 0.05) is 12.4 Å². The van der Waals surface area contributed by atoms with E-state index in [1.807, 2.05) is 0 Å². The van der Waals surface area contributed by atoms with Crippen LogP contribution in [-0.2, 0) is 0 Å². The molecule has 1 N–H and O–H groups in total. The summed E-state index contributed by atoms with van der Waals surface area (Å²) in [5.74, 6) is -0.0125. The van der Waals surface area contributed by atoms with Gasteiger partial charge >= 0.3 is 0 Å². The second-order valence-electron chi connectivity index (χ2n) is 2.69. The van der Waals surface area contributed by atoms with Crippen LogP contribution in [0.4, 0.5) is 0 Å². The number of nitrogens with zero attached hydrogens (tertiary/aromatic N) is 2. The van der Waals surface area contributed by atoms with Gasteiger partial charge in [-0.25, -0.2) is 4.98 Å². The maximum absolute atomic E-state index is 11.4. The van der Waals surface area contributed by atoms with Crippen molar-refractivity contribution >= 4 is 5.78 Å². The number of ketones is 1. The van der Waals surface area contributed by atoms with Gasteiger partial charge in [-0.2, -0.15) is 0 Å². The zero-order valence-electron chi connectivity index (χ0n) is 7.66. The zero-order valence-corrected chi connectivity index (χ0v) is 7.66. The summed E-state index contributed by atoms with van der Waals surface area (Å²) in [7, 11) is 0. The van der Waals surface area contributed by atoms with Crippen molar-refractivity contribution in [1.82, 2.24) is 15.3 Å². The second-order valence-corrected chi connectivity index (χ2v) is 2.69. The van der Waals surface area contributed by atoms with Crippen molar-refractivity contribution in [2.75, 3.05) is 13.1 Å². The van der Waals surface area contributed by atoms with Gasteiger partial charge in [0.1, 0.15) is 5.69 Å². The van der Waals surface area contributed by atoms with E-state index in [2.05, 4.69) is 22.2 Å². The van der Waals surface area contributed by atoms with E-state index in [-0.39, 0.29) is 5.78 Å². The Kier molecular flexibility index (Phi) is 4.05. The number of hydrogen-bond donors (Lipinski definition) is 1. The first-order chi connectivity index (χ1) is 6.34. The van der Waals surface area contributed by atoms with Crippen LogP contribution in [0, 0.1) is 0 Å². The first kappa shape index (κ1) is 9.80. The Balaban J connectivity index is 2.40. The molecule has 1 aromatic rings. The van der Waals surface area contributed by atoms with Gasteiger partial charge in [-0.05, 0) is 13.0 Å². The molecule has 0 fully saturated rings. The lowest BCUT2D eigenvalue weighted by Gasteiger charge is -2.00. The molecule has 0 saturated carbocycles. The molecule has 4 heteroatoms. The molecule has 0 amide bonds. The number of carbonyl (C=O) groups excluding carboxylic acids is 1. The summed E-state index contributed by atoms with van der Waals surface area (Å²) in [5, 5.41) is 3.02. The van der Waals surface area contributed by atoms with Crippen LogP contribution in [0.25, 0.3) is 0 Å². The Bertz CT molecular complexity index is 261. The maximum Gasteiger partial charge on any atom is 0.196 e. The summed E-state index contributed by atoms with van der Waals surface area (Å²) in [6.07, 6.45) is 5.58. The van der Waals surface area contributed by atoms with E-state index >= 15 is 0 Å². The molecule has 0 aliphatic carbocycles. The van der Waals surface area contributed by atoms with Crippen LogP contribution < -0.4 is 5.32 Å². The van der Waals surface area contributed by atoms with Gasteiger partial charge in [-0.3, -0.25) is 9.78 Å². The molecule has 70 valence electrons. The molecule has 0 saturated heterocycles. The zero-order chi connectivity index (χ0) is 9.52. The Labute approximate surface area is 77.4 Å². The lowest BCUT2D eigenvalue weighted by atomic mass is 10.3. The molecule has 4 nitrogen and oxygen atoms in total. The first-order valence-corrected chi connectivity index (χ1v) is 4.34. The van der Waals surface area contributed by atoms with Gasteiger partial charge in [0.2, 0.25) is 0 Å². The van der Waals surface area contributed by atoms with Gasteiger partial charge in [-0.15, -0.1) is 0 Å². The fourth-order valence-electron chi connectivity index (χ4n) is 0.912. The lowest BCUT2D eigenvalue weighted by molar-refractivity contribution is 0.0986.